The van der Waals surface area contributed by atoms with Crippen molar-refractivity contribution < 1.29 is 22.6 Å². The van der Waals surface area contributed by atoms with Crippen molar-refractivity contribution in [3.05, 3.63) is 47.1 Å². The molecule has 0 unspecified atom stereocenters. The molecule has 1 heterocycles. The first-order valence-electron chi connectivity index (χ1n) is 7.36. The van der Waals surface area contributed by atoms with E-state index in [2.05, 4.69) is 15.3 Å². The number of hydrogen-bond acceptors (Lipinski definition) is 4. The number of nitrogens with zero attached hydrogens (tertiary/aromatic N) is 2. The van der Waals surface area contributed by atoms with Crippen molar-refractivity contribution in [2.45, 2.75) is 6.18 Å². The topological polar surface area (TPSA) is 81.8 Å². The molecular formula is C16H17ClF3IN4O2. The Morgan fingerprint density at radius 2 is 1.96 bits per heavy atom. The van der Waals surface area contributed by atoms with Crippen LogP contribution in [-0.4, -0.2) is 31.2 Å². The molecule has 0 atom stereocenters. The smallest absolute Gasteiger partial charge is 0.417 e. The number of guanidine groups is 1. The second-order valence-electron chi connectivity index (χ2n) is 4.98. The predicted octanol–water partition coefficient (Wildman–Crippen LogP) is 4.19. The van der Waals surface area contributed by atoms with Gasteiger partial charge in [0, 0.05) is 11.9 Å². The summed E-state index contributed by atoms with van der Waals surface area (Å²) in [4.78, 5) is 7.60. The van der Waals surface area contributed by atoms with Crippen molar-refractivity contribution in [3.8, 4) is 11.6 Å². The standard InChI is InChI=1S/C16H16ClF3N4O2.HI/c1-25-12-4-2-11(3-5-12)24-15(21)22-6-7-26-14-13(17)8-10(9-23-14)16(18,19)20;/h2-5,8-9H,6-7H2,1H3,(H3,21,22,24);1H. The van der Waals surface area contributed by atoms with E-state index >= 15 is 0 Å². The van der Waals surface area contributed by atoms with Gasteiger partial charge < -0.3 is 20.5 Å². The van der Waals surface area contributed by atoms with Crippen molar-refractivity contribution in [1.29, 1.82) is 0 Å². The van der Waals surface area contributed by atoms with E-state index in [-0.39, 0.29) is 54.0 Å². The van der Waals surface area contributed by atoms with Crippen LogP contribution in [0.4, 0.5) is 18.9 Å². The molecule has 11 heteroatoms. The molecule has 0 radical (unpaired) electrons. The van der Waals surface area contributed by atoms with Crippen molar-refractivity contribution in [2.75, 3.05) is 25.6 Å². The van der Waals surface area contributed by atoms with Crippen LogP contribution in [0.3, 0.4) is 0 Å². The number of aliphatic imine (C=N–C) groups is 1. The largest absolute Gasteiger partial charge is 0.497 e. The normalized spacial score (nSPS) is 11.5. The number of anilines is 1. The highest BCUT2D eigenvalue weighted by atomic mass is 127. The number of nitrogens with two attached hydrogens (primary N) is 1. The van der Waals surface area contributed by atoms with Crippen LogP contribution in [0, 0.1) is 0 Å². The maximum Gasteiger partial charge on any atom is 0.417 e. The van der Waals surface area contributed by atoms with E-state index in [0.29, 0.717) is 11.9 Å². The zero-order valence-corrected chi connectivity index (χ0v) is 17.2. The molecule has 2 aromatic rings. The number of methoxy groups -OCH3 is 1. The maximum absolute atomic E-state index is 12.5. The van der Waals surface area contributed by atoms with Gasteiger partial charge in [-0.2, -0.15) is 13.2 Å². The zero-order valence-electron chi connectivity index (χ0n) is 14.1. The second kappa shape index (κ2) is 10.4. The highest BCUT2D eigenvalue weighted by Crippen LogP contribution is 2.33. The molecule has 1 aromatic carbocycles. The Morgan fingerprint density at radius 1 is 1.30 bits per heavy atom. The molecule has 0 aliphatic carbocycles. The van der Waals surface area contributed by atoms with Gasteiger partial charge >= 0.3 is 6.18 Å². The first-order chi connectivity index (χ1) is 12.3. The van der Waals surface area contributed by atoms with E-state index in [4.69, 9.17) is 26.8 Å². The second-order valence-corrected chi connectivity index (χ2v) is 5.38. The molecule has 3 N–H and O–H groups in total. The molecule has 1 aromatic heterocycles. The Bertz CT molecular complexity index is 773. The highest BCUT2D eigenvalue weighted by molar-refractivity contribution is 14.0. The minimum atomic E-state index is -4.51. The van der Waals surface area contributed by atoms with Crippen molar-refractivity contribution >= 4 is 47.2 Å². The van der Waals surface area contributed by atoms with Crippen LogP contribution < -0.4 is 20.5 Å². The number of alkyl halides is 3. The van der Waals surface area contributed by atoms with Crippen LogP contribution in [0.1, 0.15) is 5.56 Å². The molecule has 0 amide bonds. The number of hydrogen-bond donors (Lipinski definition) is 2. The summed E-state index contributed by atoms with van der Waals surface area (Å²) in [6.45, 7) is 0.205. The summed E-state index contributed by atoms with van der Waals surface area (Å²) in [5.74, 6) is 0.766. The van der Waals surface area contributed by atoms with Gasteiger partial charge in [0.05, 0.1) is 19.2 Å². The van der Waals surface area contributed by atoms with Crippen molar-refractivity contribution in [3.63, 3.8) is 0 Å². The summed E-state index contributed by atoms with van der Waals surface area (Å²) in [5, 5.41) is 2.65. The van der Waals surface area contributed by atoms with Crippen molar-refractivity contribution in [1.82, 2.24) is 4.98 Å². The van der Waals surface area contributed by atoms with E-state index in [1.165, 1.54) is 0 Å². The van der Waals surface area contributed by atoms with Gasteiger partial charge in [0.15, 0.2) is 5.96 Å². The van der Waals surface area contributed by atoms with Crippen LogP contribution >= 0.6 is 35.6 Å². The average molecular weight is 517 g/mol. The molecule has 2 rings (SSSR count). The van der Waals surface area contributed by atoms with Gasteiger partial charge in [0.2, 0.25) is 5.88 Å². The summed E-state index contributed by atoms with van der Waals surface area (Å²) in [6.07, 6.45) is -3.86. The Labute approximate surface area is 175 Å². The minimum absolute atomic E-state index is 0. The average Bonchev–Trinajstić information content (AvgIpc) is 2.59. The SMILES string of the molecule is COc1ccc(NC(N)=NCCOc2ncc(C(F)(F)F)cc2Cl)cc1.I. The van der Waals surface area contributed by atoms with Gasteiger partial charge in [0.1, 0.15) is 17.4 Å². The van der Waals surface area contributed by atoms with E-state index in [0.717, 1.165) is 11.8 Å². The summed E-state index contributed by atoms with van der Waals surface area (Å²) in [6, 6.07) is 7.81. The van der Waals surface area contributed by atoms with Crippen LogP contribution in [0.2, 0.25) is 5.02 Å². The fraction of sp³-hybridized carbons (Fsp3) is 0.250. The van der Waals surface area contributed by atoms with Gasteiger partial charge in [-0.05, 0) is 30.3 Å². The Hall–Kier alpha value is -1.95. The van der Waals surface area contributed by atoms with Crippen molar-refractivity contribution in [2.24, 2.45) is 10.7 Å². The summed E-state index contributed by atoms with van der Waals surface area (Å²) in [7, 11) is 1.57. The first kappa shape index (κ1) is 23.1. The van der Waals surface area contributed by atoms with Crippen LogP contribution in [0.5, 0.6) is 11.6 Å². The summed E-state index contributed by atoms with van der Waals surface area (Å²) in [5.41, 5.74) is 5.52. The third kappa shape index (κ3) is 7.29. The third-order valence-corrected chi connectivity index (χ3v) is 3.38. The van der Waals surface area contributed by atoms with Gasteiger partial charge in [-0.25, -0.2) is 9.98 Å². The Kier molecular flexibility index (Phi) is 8.89. The molecule has 0 bridgehead atoms. The highest BCUT2D eigenvalue weighted by Gasteiger charge is 2.31. The number of nitrogens with one attached hydrogen (secondary N) is 1. The number of pyridine rings is 1. The number of rotatable bonds is 6. The fourth-order valence-electron chi connectivity index (χ4n) is 1.86. The molecule has 0 spiro atoms. The van der Waals surface area contributed by atoms with Gasteiger partial charge in [0.25, 0.3) is 0 Å². The third-order valence-electron chi connectivity index (χ3n) is 3.11. The lowest BCUT2D eigenvalue weighted by Gasteiger charge is -2.10. The van der Waals surface area contributed by atoms with E-state index in [1.54, 1.807) is 31.4 Å². The molecule has 0 fully saturated rings. The summed E-state index contributed by atoms with van der Waals surface area (Å²) >= 11 is 5.74. The Balaban J connectivity index is 0.00000364. The van der Waals surface area contributed by atoms with Gasteiger partial charge in [-0.15, -0.1) is 24.0 Å². The molecule has 6 nitrogen and oxygen atoms in total. The molecular weight excluding hydrogens is 500 g/mol. The van der Waals surface area contributed by atoms with Crippen LogP contribution in [0.15, 0.2) is 41.5 Å². The number of benzene rings is 1. The maximum atomic E-state index is 12.5. The van der Waals surface area contributed by atoms with Crippen LogP contribution in [0.25, 0.3) is 0 Å². The molecule has 0 aliphatic heterocycles. The van der Waals surface area contributed by atoms with E-state index < -0.39 is 11.7 Å². The molecule has 27 heavy (non-hydrogen) atoms. The number of aromatic nitrogens is 1. The molecule has 0 aliphatic rings. The predicted molar refractivity (Wildman–Crippen MR) is 108 cm³/mol. The Morgan fingerprint density at radius 3 is 2.52 bits per heavy atom. The lowest BCUT2D eigenvalue weighted by Crippen LogP contribution is -2.23. The fourth-order valence-corrected chi connectivity index (χ4v) is 2.08. The quantitative estimate of drug-likeness (QED) is 0.261. The summed E-state index contributed by atoms with van der Waals surface area (Å²) < 4.78 is 47.9. The monoisotopic (exact) mass is 516 g/mol. The van der Waals surface area contributed by atoms with Gasteiger partial charge in [-0.3, -0.25) is 0 Å². The first-order valence-corrected chi connectivity index (χ1v) is 7.74. The lowest BCUT2D eigenvalue weighted by molar-refractivity contribution is -0.137. The van der Waals surface area contributed by atoms with E-state index in [9.17, 15) is 13.2 Å². The molecule has 0 saturated carbocycles. The van der Waals surface area contributed by atoms with Gasteiger partial charge in [-0.1, -0.05) is 11.6 Å². The number of ether oxygens (including phenoxy) is 2. The van der Waals surface area contributed by atoms with E-state index in [1.807, 2.05) is 0 Å². The minimum Gasteiger partial charge on any atom is -0.497 e. The number of halogens is 5. The van der Waals surface area contributed by atoms with Crippen LogP contribution in [-0.2, 0) is 6.18 Å². The lowest BCUT2D eigenvalue weighted by atomic mass is 10.3. The zero-order chi connectivity index (χ0) is 19.2. The molecule has 0 saturated heterocycles. The molecule has 148 valence electrons.